The summed E-state index contributed by atoms with van der Waals surface area (Å²) in [4.78, 5) is 0. The molecule has 0 aliphatic heterocycles. The standard InChI is InChI=1S/C14H15F3N2O2/c1-9(2)7-19-8-10(6-18-19)12-5-11(20)3-4-13(12)21-14(15,16)17/h3-6,8-9,20H,7H2,1-2H3. The number of benzene rings is 1. The second-order valence-electron chi connectivity index (χ2n) is 5.07. The van der Waals surface area contributed by atoms with Crippen molar-refractivity contribution in [3.8, 4) is 22.6 Å². The molecule has 4 nitrogen and oxygen atoms in total. The van der Waals surface area contributed by atoms with Gasteiger partial charge < -0.3 is 9.84 Å². The van der Waals surface area contributed by atoms with E-state index >= 15 is 0 Å². The van der Waals surface area contributed by atoms with Crippen molar-refractivity contribution in [1.82, 2.24) is 9.78 Å². The second kappa shape index (κ2) is 5.67. The molecule has 7 heteroatoms. The Morgan fingerprint density at radius 1 is 1.33 bits per heavy atom. The number of phenols is 1. The molecule has 2 aromatic rings. The summed E-state index contributed by atoms with van der Waals surface area (Å²) in [5.41, 5.74) is 0.591. The molecular formula is C14H15F3N2O2. The number of rotatable bonds is 4. The molecule has 0 aliphatic rings. The molecule has 21 heavy (non-hydrogen) atoms. The fraction of sp³-hybridized carbons (Fsp3) is 0.357. The van der Waals surface area contributed by atoms with Gasteiger partial charge in [-0.2, -0.15) is 5.10 Å². The molecule has 0 saturated carbocycles. The first kappa shape index (κ1) is 15.2. The number of nitrogens with zero attached hydrogens (tertiary/aromatic N) is 2. The van der Waals surface area contributed by atoms with Crippen molar-refractivity contribution < 1.29 is 23.0 Å². The topological polar surface area (TPSA) is 47.3 Å². The van der Waals surface area contributed by atoms with Gasteiger partial charge in [0.2, 0.25) is 0 Å². The molecule has 0 atom stereocenters. The minimum absolute atomic E-state index is 0.141. The number of ether oxygens (including phenoxy) is 1. The highest BCUT2D eigenvalue weighted by atomic mass is 19.4. The largest absolute Gasteiger partial charge is 0.573 e. The van der Waals surface area contributed by atoms with E-state index in [1.807, 2.05) is 13.8 Å². The van der Waals surface area contributed by atoms with Gasteiger partial charge in [-0.3, -0.25) is 4.68 Å². The molecule has 0 bridgehead atoms. The van der Waals surface area contributed by atoms with Crippen LogP contribution in [0.5, 0.6) is 11.5 Å². The second-order valence-corrected chi connectivity index (χ2v) is 5.07. The minimum Gasteiger partial charge on any atom is -0.508 e. The summed E-state index contributed by atoms with van der Waals surface area (Å²) in [6.07, 6.45) is -1.72. The van der Waals surface area contributed by atoms with E-state index in [1.54, 1.807) is 10.9 Å². The molecule has 1 aromatic heterocycles. The fourth-order valence-electron chi connectivity index (χ4n) is 1.93. The van der Waals surface area contributed by atoms with Crippen LogP contribution in [0.25, 0.3) is 11.1 Å². The summed E-state index contributed by atoms with van der Waals surface area (Å²) in [6, 6.07) is 3.44. The normalized spacial score (nSPS) is 11.9. The van der Waals surface area contributed by atoms with Crippen molar-refractivity contribution in [2.24, 2.45) is 5.92 Å². The van der Waals surface area contributed by atoms with Crippen LogP contribution in [0.15, 0.2) is 30.6 Å². The van der Waals surface area contributed by atoms with E-state index in [4.69, 9.17) is 0 Å². The fourth-order valence-corrected chi connectivity index (χ4v) is 1.93. The van der Waals surface area contributed by atoms with Crippen LogP contribution >= 0.6 is 0 Å². The monoisotopic (exact) mass is 300 g/mol. The number of hydrogen-bond donors (Lipinski definition) is 1. The number of alkyl halides is 3. The molecule has 2 rings (SSSR count). The lowest BCUT2D eigenvalue weighted by Gasteiger charge is -2.12. The van der Waals surface area contributed by atoms with E-state index in [0.29, 0.717) is 18.0 Å². The Balaban J connectivity index is 2.37. The van der Waals surface area contributed by atoms with Crippen LogP contribution in [-0.4, -0.2) is 21.2 Å². The highest BCUT2D eigenvalue weighted by Crippen LogP contribution is 2.36. The highest BCUT2D eigenvalue weighted by molar-refractivity contribution is 5.70. The van der Waals surface area contributed by atoms with Gasteiger partial charge in [-0.15, -0.1) is 13.2 Å². The Bertz CT molecular complexity index is 621. The number of hydrogen-bond acceptors (Lipinski definition) is 3. The van der Waals surface area contributed by atoms with Crippen molar-refractivity contribution in [3.63, 3.8) is 0 Å². The lowest BCUT2D eigenvalue weighted by atomic mass is 10.1. The first-order chi connectivity index (χ1) is 9.74. The maximum atomic E-state index is 12.4. The summed E-state index contributed by atoms with van der Waals surface area (Å²) < 4.78 is 42.9. The molecular weight excluding hydrogens is 285 g/mol. The third-order valence-corrected chi connectivity index (χ3v) is 2.69. The van der Waals surface area contributed by atoms with Gasteiger partial charge in [0.05, 0.1) is 6.20 Å². The molecule has 0 amide bonds. The zero-order chi connectivity index (χ0) is 15.6. The molecule has 0 fully saturated rings. The molecule has 0 unspecified atom stereocenters. The van der Waals surface area contributed by atoms with Gasteiger partial charge in [0.25, 0.3) is 0 Å². The van der Waals surface area contributed by atoms with Gasteiger partial charge in [-0.1, -0.05) is 13.8 Å². The molecule has 0 saturated heterocycles. The SMILES string of the molecule is CC(C)Cn1cc(-c2cc(O)ccc2OC(F)(F)F)cn1. The minimum atomic E-state index is -4.79. The zero-order valence-corrected chi connectivity index (χ0v) is 11.6. The lowest BCUT2D eigenvalue weighted by Crippen LogP contribution is -2.17. The Morgan fingerprint density at radius 2 is 2.05 bits per heavy atom. The van der Waals surface area contributed by atoms with Gasteiger partial charge in [-0.25, -0.2) is 0 Å². The summed E-state index contributed by atoms with van der Waals surface area (Å²) in [5, 5.41) is 13.6. The Labute approximate surface area is 119 Å². The number of halogens is 3. The summed E-state index contributed by atoms with van der Waals surface area (Å²) in [7, 11) is 0. The number of aromatic hydroxyl groups is 1. The van der Waals surface area contributed by atoms with Crippen molar-refractivity contribution in [1.29, 1.82) is 0 Å². The predicted molar refractivity (Wildman–Crippen MR) is 70.8 cm³/mol. The van der Waals surface area contributed by atoms with Crippen LogP contribution in [0.3, 0.4) is 0 Å². The molecule has 1 N–H and O–H groups in total. The molecule has 0 spiro atoms. The average molecular weight is 300 g/mol. The summed E-state index contributed by atoms with van der Waals surface area (Å²) >= 11 is 0. The number of aromatic nitrogens is 2. The van der Waals surface area contributed by atoms with Gasteiger partial charge in [0.1, 0.15) is 11.5 Å². The first-order valence-corrected chi connectivity index (χ1v) is 6.36. The van der Waals surface area contributed by atoms with Crippen molar-refractivity contribution in [3.05, 3.63) is 30.6 Å². The van der Waals surface area contributed by atoms with Gasteiger partial charge in [0, 0.05) is 23.9 Å². The molecule has 0 aliphatic carbocycles. The van der Waals surface area contributed by atoms with Crippen LogP contribution in [0.4, 0.5) is 13.2 Å². The van der Waals surface area contributed by atoms with Crippen LogP contribution in [0, 0.1) is 5.92 Å². The maximum Gasteiger partial charge on any atom is 0.573 e. The quantitative estimate of drug-likeness (QED) is 0.934. The van der Waals surface area contributed by atoms with E-state index < -0.39 is 6.36 Å². The van der Waals surface area contributed by atoms with E-state index in [1.165, 1.54) is 12.3 Å². The van der Waals surface area contributed by atoms with Gasteiger partial charge >= 0.3 is 6.36 Å². The first-order valence-electron chi connectivity index (χ1n) is 6.36. The lowest BCUT2D eigenvalue weighted by molar-refractivity contribution is -0.274. The smallest absolute Gasteiger partial charge is 0.508 e. The van der Waals surface area contributed by atoms with E-state index in [-0.39, 0.29) is 17.1 Å². The molecule has 0 radical (unpaired) electrons. The van der Waals surface area contributed by atoms with Crippen LogP contribution in [0.2, 0.25) is 0 Å². The summed E-state index contributed by atoms with van der Waals surface area (Å²) in [6.45, 7) is 4.66. The third-order valence-electron chi connectivity index (χ3n) is 2.69. The average Bonchev–Trinajstić information content (AvgIpc) is 2.77. The van der Waals surface area contributed by atoms with E-state index in [2.05, 4.69) is 9.84 Å². The molecule has 1 heterocycles. The Kier molecular flexibility index (Phi) is 4.11. The van der Waals surface area contributed by atoms with Crippen LogP contribution in [0.1, 0.15) is 13.8 Å². The van der Waals surface area contributed by atoms with Crippen molar-refractivity contribution in [2.45, 2.75) is 26.8 Å². The van der Waals surface area contributed by atoms with E-state index in [0.717, 1.165) is 12.1 Å². The van der Waals surface area contributed by atoms with Crippen LogP contribution in [-0.2, 0) is 6.54 Å². The number of phenolic OH excluding ortho intramolecular Hbond substituents is 1. The van der Waals surface area contributed by atoms with Gasteiger partial charge in [0.15, 0.2) is 0 Å². The van der Waals surface area contributed by atoms with Crippen LogP contribution < -0.4 is 4.74 Å². The van der Waals surface area contributed by atoms with E-state index in [9.17, 15) is 18.3 Å². The Hall–Kier alpha value is -2.18. The third kappa shape index (κ3) is 4.14. The highest BCUT2D eigenvalue weighted by Gasteiger charge is 2.32. The predicted octanol–water partition coefficient (Wildman–Crippen LogP) is 3.81. The zero-order valence-electron chi connectivity index (χ0n) is 11.6. The van der Waals surface area contributed by atoms with Gasteiger partial charge in [-0.05, 0) is 24.1 Å². The molecule has 114 valence electrons. The molecule has 1 aromatic carbocycles. The van der Waals surface area contributed by atoms with Crippen molar-refractivity contribution >= 4 is 0 Å². The summed E-state index contributed by atoms with van der Waals surface area (Å²) in [5.74, 6) is -0.159. The Morgan fingerprint density at radius 3 is 2.67 bits per heavy atom. The van der Waals surface area contributed by atoms with Crippen molar-refractivity contribution in [2.75, 3.05) is 0 Å². The maximum absolute atomic E-state index is 12.4.